The normalized spacial score (nSPS) is 16.3. The van der Waals surface area contributed by atoms with E-state index in [9.17, 15) is 19.2 Å². The van der Waals surface area contributed by atoms with Gasteiger partial charge in [0.15, 0.2) is 0 Å². The van der Waals surface area contributed by atoms with Gasteiger partial charge in [-0.1, -0.05) is 53.0 Å². The zero-order valence-corrected chi connectivity index (χ0v) is 21.4. The van der Waals surface area contributed by atoms with Gasteiger partial charge >= 0.3 is 0 Å². The van der Waals surface area contributed by atoms with Crippen LogP contribution in [0.4, 0.5) is 0 Å². The summed E-state index contributed by atoms with van der Waals surface area (Å²) < 4.78 is 0.937. The molecule has 1 saturated carbocycles. The van der Waals surface area contributed by atoms with Crippen LogP contribution in [0.3, 0.4) is 0 Å². The van der Waals surface area contributed by atoms with E-state index in [2.05, 4.69) is 21.2 Å². The third-order valence-corrected chi connectivity index (χ3v) is 7.31. The Kier molecular flexibility index (Phi) is 8.00. The molecular weight excluding hydrogens is 510 g/mol. The molecule has 0 spiro atoms. The molecule has 0 aromatic heterocycles. The Morgan fingerprint density at radius 1 is 1.03 bits per heavy atom. The number of hydrogen-bond acceptors (Lipinski definition) is 4. The van der Waals surface area contributed by atoms with Crippen LogP contribution in [0, 0.1) is 0 Å². The minimum absolute atomic E-state index is 0.130. The van der Waals surface area contributed by atoms with E-state index in [1.54, 1.807) is 36.1 Å². The number of benzene rings is 2. The number of halogens is 1. The highest BCUT2D eigenvalue weighted by atomic mass is 79.9. The number of rotatable bonds is 9. The van der Waals surface area contributed by atoms with E-state index >= 15 is 0 Å². The summed E-state index contributed by atoms with van der Waals surface area (Å²) in [5.41, 5.74) is 1.72. The first-order valence-electron chi connectivity index (χ1n) is 12.1. The highest BCUT2D eigenvalue weighted by molar-refractivity contribution is 9.10. The summed E-state index contributed by atoms with van der Waals surface area (Å²) in [6.45, 7) is 2.22. The zero-order chi connectivity index (χ0) is 24.9. The molecule has 0 saturated heterocycles. The largest absolute Gasteiger partial charge is 0.352 e. The Morgan fingerprint density at radius 3 is 2.23 bits per heavy atom. The first kappa shape index (κ1) is 25.1. The van der Waals surface area contributed by atoms with E-state index in [0.29, 0.717) is 24.1 Å². The Labute approximate surface area is 214 Å². The van der Waals surface area contributed by atoms with E-state index in [4.69, 9.17) is 0 Å². The Morgan fingerprint density at radius 2 is 1.63 bits per heavy atom. The number of nitrogens with zero attached hydrogens (tertiary/aromatic N) is 2. The van der Waals surface area contributed by atoms with Gasteiger partial charge < -0.3 is 10.2 Å². The van der Waals surface area contributed by atoms with Crippen LogP contribution in [0.1, 0.15) is 71.7 Å². The van der Waals surface area contributed by atoms with Gasteiger partial charge in [0.1, 0.15) is 6.04 Å². The molecule has 2 aromatic rings. The standard InChI is InChI=1S/C27H30BrN3O4/c1-18(25(33)29-21-7-2-3-8-21)31(17-19-12-14-20(28)15-13-19)24(32)11-6-16-30-26(34)22-9-4-5-10-23(22)27(30)35/h4-5,9-10,12-15,18,21H,2-3,6-8,11,16-17H2,1H3,(H,29,33). The third kappa shape index (κ3) is 5.81. The molecule has 1 aliphatic heterocycles. The summed E-state index contributed by atoms with van der Waals surface area (Å²) >= 11 is 3.42. The van der Waals surface area contributed by atoms with Gasteiger partial charge in [0.2, 0.25) is 11.8 Å². The number of nitrogens with one attached hydrogen (secondary N) is 1. The summed E-state index contributed by atoms with van der Waals surface area (Å²) in [4.78, 5) is 54.3. The number of carbonyl (C=O) groups excluding carboxylic acids is 4. The second-order valence-electron chi connectivity index (χ2n) is 9.23. The van der Waals surface area contributed by atoms with E-state index in [-0.39, 0.29) is 42.6 Å². The van der Waals surface area contributed by atoms with Crippen LogP contribution in [-0.4, -0.2) is 52.1 Å². The smallest absolute Gasteiger partial charge is 0.261 e. The molecule has 7 nitrogen and oxygen atoms in total. The minimum atomic E-state index is -0.633. The van der Waals surface area contributed by atoms with E-state index < -0.39 is 6.04 Å². The molecule has 2 aliphatic rings. The first-order valence-corrected chi connectivity index (χ1v) is 12.9. The van der Waals surface area contributed by atoms with Crippen LogP contribution in [0.5, 0.6) is 0 Å². The predicted octanol–water partition coefficient (Wildman–Crippen LogP) is 4.30. The molecule has 4 amide bonds. The van der Waals surface area contributed by atoms with Crippen molar-refractivity contribution >= 4 is 39.6 Å². The fraction of sp³-hybridized carbons (Fsp3) is 0.407. The maximum atomic E-state index is 13.3. The fourth-order valence-corrected chi connectivity index (χ4v) is 5.00. The van der Waals surface area contributed by atoms with Gasteiger partial charge in [-0.25, -0.2) is 0 Å². The van der Waals surface area contributed by atoms with Crippen LogP contribution in [0.25, 0.3) is 0 Å². The van der Waals surface area contributed by atoms with Crippen molar-refractivity contribution in [3.05, 3.63) is 69.7 Å². The monoisotopic (exact) mass is 539 g/mol. The average molecular weight is 540 g/mol. The highest BCUT2D eigenvalue weighted by Gasteiger charge is 2.35. The molecule has 35 heavy (non-hydrogen) atoms. The average Bonchev–Trinajstić information content (AvgIpc) is 3.45. The molecular formula is C27H30BrN3O4. The van der Waals surface area contributed by atoms with Gasteiger partial charge in [0, 0.05) is 30.0 Å². The maximum absolute atomic E-state index is 13.3. The summed E-state index contributed by atoms with van der Waals surface area (Å²) in [6, 6.07) is 13.9. The van der Waals surface area contributed by atoms with Crippen molar-refractivity contribution < 1.29 is 19.2 Å². The number of amides is 4. The van der Waals surface area contributed by atoms with Crippen LogP contribution in [0.2, 0.25) is 0 Å². The number of fused-ring (bicyclic) bond motifs is 1. The van der Waals surface area contributed by atoms with Crippen LogP contribution < -0.4 is 5.32 Å². The molecule has 1 N–H and O–H groups in total. The zero-order valence-electron chi connectivity index (χ0n) is 19.8. The Bertz CT molecular complexity index is 1080. The van der Waals surface area contributed by atoms with Crippen molar-refractivity contribution in [2.45, 2.75) is 64.1 Å². The molecule has 0 bridgehead atoms. The number of carbonyl (C=O) groups is 4. The van der Waals surface area contributed by atoms with Gasteiger partial charge in [-0.3, -0.25) is 24.1 Å². The molecule has 1 aliphatic carbocycles. The first-order chi connectivity index (χ1) is 16.8. The lowest BCUT2D eigenvalue weighted by molar-refractivity contribution is -0.141. The van der Waals surface area contributed by atoms with Crippen LogP contribution >= 0.6 is 15.9 Å². The van der Waals surface area contributed by atoms with Gasteiger partial charge in [-0.15, -0.1) is 0 Å². The summed E-state index contributed by atoms with van der Waals surface area (Å²) in [7, 11) is 0. The Balaban J connectivity index is 1.40. The molecule has 1 heterocycles. The quantitative estimate of drug-likeness (QED) is 0.481. The minimum Gasteiger partial charge on any atom is -0.352 e. The van der Waals surface area contributed by atoms with Crippen molar-refractivity contribution in [2.75, 3.05) is 6.54 Å². The second kappa shape index (κ2) is 11.2. The summed E-state index contributed by atoms with van der Waals surface area (Å²) in [5, 5.41) is 3.09. The Hall–Kier alpha value is -3.00. The van der Waals surface area contributed by atoms with E-state index in [1.165, 1.54) is 4.90 Å². The predicted molar refractivity (Wildman–Crippen MR) is 136 cm³/mol. The van der Waals surface area contributed by atoms with Gasteiger partial charge in [-0.05, 0) is 56.0 Å². The van der Waals surface area contributed by atoms with Crippen molar-refractivity contribution in [1.82, 2.24) is 15.1 Å². The van der Waals surface area contributed by atoms with Crippen molar-refractivity contribution in [2.24, 2.45) is 0 Å². The van der Waals surface area contributed by atoms with Crippen molar-refractivity contribution in [3.63, 3.8) is 0 Å². The molecule has 4 rings (SSSR count). The summed E-state index contributed by atoms with van der Waals surface area (Å²) in [6.07, 6.45) is 4.62. The van der Waals surface area contributed by atoms with Crippen molar-refractivity contribution in [1.29, 1.82) is 0 Å². The molecule has 1 atom stereocenters. The molecule has 8 heteroatoms. The van der Waals surface area contributed by atoms with E-state index in [1.807, 2.05) is 24.3 Å². The molecule has 184 valence electrons. The topological polar surface area (TPSA) is 86.8 Å². The van der Waals surface area contributed by atoms with Crippen LogP contribution in [-0.2, 0) is 16.1 Å². The lowest BCUT2D eigenvalue weighted by atomic mass is 10.1. The lowest BCUT2D eigenvalue weighted by Crippen LogP contribution is -2.49. The van der Waals surface area contributed by atoms with Gasteiger partial charge in [0.05, 0.1) is 11.1 Å². The molecule has 1 fully saturated rings. The summed E-state index contributed by atoms with van der Waals surface area (Å²) in [5.74, 6) is -0.982. The van der Waals surface area contributed by atoms with Crippen LogP contribution in [0.15, 0.2) is 53.0 Å². The van der Waals surface area contributed by atoms with Gasteiger partial charge in [-0.2, -0.15) is 0 Å². The van der Waals surface area contributed by atoms with E-state index in [0.717, 1.165) is 35.7 Å². The fourth-order valence-electron chi connectivity index (χ4n) is 4.74. The second-order valence-corrected chi connectivity index (χ2v) is 10.1. The number of hydrogen-bond donors (Lipinski definition) is 1. The highest BCUT2D eigenvalue weighted by Crippen LogP contribution is 2.23. The molecule has 1 unspecified atom stereocenters. The maximum Gasteiger partial charge on any atom is 0.261 e. The van der Waals surface area contributed by atoms with Crippen molar-refractivity contribution in [3.8, 4) is 0 Å². The number of imide groups is 1. The third-order valence-electron chi connectivity index (χ3n) is 6.79. The molecule has 2 aromatic carbocycles. The van der Waals surface area contributed by atoms with Gasteiger partial charge in [0.25, 0.3) is 11.8 Å². The lowest BCUT2D eigenvalue weighted by Gasteiger charge is -2.30. The SMILES string of the molecule is CC(C(=O)NC1CCCC1)N(Cc1ccc(Br)cc1)C(=O)CCCN1C(=O)c2ccccc2C1=O. The molecule has 0 radical (unpaired) electrons.